The van der Waals surface area contributed by atoms with E-state index in [4.69, 9.17) is 20.8 Å². The summed E-state index contributed by atoms with van der Waals surface area (Å²) in [6.45, 7) is 1.32. The second kappa shape index (κ2) is 10.8. The van der Waals surface area contributed by atoms with Gasteiger partial charge in [-0.25, -0.2) is 9.79 Å². The van der Waals surface area contributed by atoms with Crippen LogP contribution in [0.25, 0.3) is 17.4 Å². The summed E-state index contributed by atoms with van der Waals surface area (Å²) in [6.07, 6.45) is -3.54. The first-order valence-corrected chi connectivity index (χ1v) is 13.8. The Balaban J connectivity index is 1.70. The summed E-state index contributed by atoms with van der Waals surface area (Å²) < 4.78 is 55.7. The number of hydrogen-bond donors (Lipinski definition) is 0. The molecule has 0 amide bonds. The molecule has 200 valence electrons. The van der Waals surface area contributed by atoms with E-state index in [9.17, 15) is 22.8 Å². The van der Waals surface area contributed by atoms with Crippen LogP contribution in [0.2, 0.25) is 5.02 Å². The molecule has 39 heavy (non-hydrogen) atoms. The quantitative estimate of drug-likeness (QED) is 0.195. The Morgan fingerprint density at radius 1 is 1.15 bits per heavy atom. The highest BCUT2D eigenvalue weighted by Gasteiger charge is 2.45. The fourth-order valence-electron chi connectivity index (χ4n) is 4.13. The molecule has 2 aromatic heterocycles. The average molecular weight is 685 g/mol. The van der Waals surface area contributed by atoms with Gasteiger partial charge in [-0.1, -0.05) is 47.2 Å². The van der Waals surface area contributed by atoms with E-state index in [0.717, 1.165) is 25.0 Å². The molecule has 0 saturated heterocycles. The number of furan rings is 1. The summed E-state index contributed by atoms with van der Waals surface area (Å²) in [7, 11) is 0. The number of alkyl halides is 3. The van der Waals surface area contributed by atoms with E-state index in [1.807, 2.05) is 24.3 Å². The Morgan fingerprint density at radius 3 is 2.49 bits per heavy atom. The molecule has 0 N–H and O–H groups in total. The van der Waals surface area contributed by atoms with Crippen molar-refractivity contribution < 1.29 is 27.1 Å². The molecule has 2 aromatic carbocycles. The standard InChI is InChI=1S/C27H17ClF3IN2O4S/c1-2-37-25(36)21-22(15-3-7-16(28)8-4-15)34-24(35)20(39-26(34)33-23(21)27(29,30)31)13-18-11-12-19(38-18)14-5-9-17(32)10-6-14/h3-13,22H,2H2,1H3/b20-13-/t22-/m1/s1. The van der Waals surface area contributed by atoms with Crippen molar-refractivity contribution in [3.8, 4) is 11.3 Å². The molecule has 6 nitrogen and oxygen atoms in total. The fourth-order valence-corrected chi connectivity index (χ4v) is 5.60. The van der Waals surface area contributed by atoms with Gasteiger partial charge in [0.15, 0.2) is 10.5 Å². The van der Waals surface area contributed by atoms with Gasteiger partial charge in [0.1, 0.15) is 11.5 Å². The maximum absolute atomic E-state index is 14.2. The number of allylic oxidation sites excluding steroid dienone is 1. The predicted octanol–water partition coefficient (Wildman–Crippen LogP) is 5.86. The number of ether oxygens (including phenoxy) is 1. The van der Waals surface area contributed by atoms with Crippen LogP contribution in [-0.2, 0) is 9.53 Å². The van der Waals surface area contributed by atoms with E-state index in [1.54, 1.807) is 12.1 Å². The van der Waals surface area contributed by atoms with Gasteiger partial charge in [-0.2, -0.15) is 13.2 Å². The smallest absolute Gasteiger partial charge is 0.434 e. The molecule has 4 aromatic rings. The van der Waals surface area contributed by atoms with Crippen molar-refractivity contribution in [3.63, 3.8) is 0 Å². The van der Waals surface area contributed by atoms with Crippen LogP contribution in [0, 0.1) is 3.57 Å². The molecule has 3 heterocycles. The summed E-state index contributed by atoms with van der Waals surface area (Å²) in [5, 5.41) is 0.339. The zero-order valence-corrected chi connectivity index (χ0v) is 23.7. The molecule has 0 radical (unpaired) electrons. The molecule has 0 saturated carbocycles. The molecule has 1 aliphatic rings. The van der Waals surface area contributed by atoms with Crippen molar-refractivity contribution in [2.75, 3.05) is 6.61 Å². The minimum absolute atomic E-state index is 0.0860. The monoisotopic (exact) mass is 684 g/mol. The van der Waals surface area contributed by atoms with Crippen molar-refractivity contribution >= 4 is 57.6 Å². The van der Waals surface area contributed by atoms with Gasteiger partial charge in [-0.15, -0.1) is 0 Å². The van der Waals surface area contributed by atoms with Crippen LogP contribution in [-0.4, -0.2) is 23.3 Å². The van der Waals surface area contributed by atoms with Crippen molar-refractivity contribution in [2.45, 2.75) is 19.1 Å². The number of esters is 1. The molecule has 1 atom stereocenters. The van der Waals surface area contributed by atoms with E-state index >= 15 is 0 Å². The number of aromatic nitrogens is 1. The number of fused-ring (bicyclic) bond motifs is 1. The molecule has 5 rings (SSSR count). The van der Waals surface area contributed by atoms with E-state index in [-0.39, 0.29) is 21.5 Å². The number of carbonyl (C=O) groups is 1. The van der Waals surface area contributed by atoms with E-state index < -0.39 is 35.0 Å². The first kappa shape index (κ1) is 27.4. The number of rotatable bonds is 5. The minimum Gasteiger partial charge on any atom is -0.463 e. The third-order valence-corrected chi connectivity index (χ3v) is 7.76. The Bertz CT molecular complexity index is 1770. The summed E-state index contributed by atoms with van der Waals surface area (Å²) in [4.78, 5) is 30.0. The topological polar surface area (TPSA) is 73.8 Å². The number of halogens is 5. The summed E-state index contributed by atoms with van der Waals surface area (Å²) in [6, 6.07) is 15.4. The number of carbonyl (C=O) groups excluding carboxylic acids is 1. The van der Waals surface area contributed by atoms with Crippen molar-refractivity contribution in [3.05, 3.63) is 112 Å². The molecule has 0 spiro atoms. The number of thiazole rings is 1. The highest BCUT2D eigenvalue weighted by Crippen LogP contribution is 2.38. The number of hydrogen-bond acceptors (Lipinski definition) is 6. The van der Waals surface area contributed by atoms with Crippen LogP contribution in [0.4, 0.5) is 13.2 Å². The van der Waals surface area contributed by atoms with Crippen LogP contribution in [0.1, 0.15) is 24.3 Å². The molecular weight excluding hydrogens is 668 g/mol. The van der Waals surface area contributed by atoms with Gasteiger partial charge >= 0.3 is 12.1 Å². The molecule has 0 fully saturated rings. The lowest BCUT2D eigenvalue weighted by Crippen LogP contribution is -2.41. The maximum atomic E-state index is 14.2. The van der Waals surface area contributed by atoms with E-state index in [2.05, 4.69) is 27.6 Å². The van der Waals surface area contributed by atoms with Gasteiger partial charge in [-0.05, 0) is 71.5 Å². The SMILES string of the molecule is CCOC(=O)C1=C(C(F)(F)F)N=c2s/c(=C\c3ccc(-c4ccc(I)cc4)o3)c(=O)n2[C@@H]1c1ccc(Cl)cc1. The van der Waals surface area contributed by atoms with Gasteiger partial charge in [0.25, 0.3) is 5.56 Å². The summed E-state index contributed by atoms with van der Waals surface area (Å²) >= 11 is 8.95. The molecule has 12 heteroatoms. The lowest BCUT2D eigenvalue weighted by molar-refractivity contribution is -0.140. The first-order chi connectivity index (χ1) is 18.6. The van der Waals surface area contributed by atoms with Gasteiger partial charge in [0, 0.05) is 20.2 Å². The van der Waals surface area contributed by atoms with Crippen molar-refractivity contribution in [2.24, 2.45) is 4.99 Å². The largest absolute Gasteiger partial charge is 0.463 e. The van der Waals surface area contributed by atoms with Crippen LogP contribution >= 0.6 is 45.5 Å². The number of benzene rings is 2. The molecule has 1 aliphatic heterocycles. The normalized spacial score (nSPS) is 15.7. The predicted molar refractivity (Wildman–Crippen MR) is 149 cm³/mol. The molecule has 0 aliphatic carbocycles. The Morgan fingerprint density at radius 2 is 1.85 bits per heavy atom. The van der Waals surface area contributed by atoms with Gasteiger partial charge in [0.2, 0.25) is 0 Å². The van der Waals surface area contributed by atoms with Gasteiger partial charge < -0.3 is 9.15 Å². The van der Waals surface area contributed by atoms with Crippen molar-refractivity contribution in [1.82, 2.24) is 4.57 Å². The second-order valence-corrected chi connectivity index (χ2v) is 11.0. The van der Waals surface area contributed by atoms with Gasteiger partial charge in [-0.3, -0.25) is 9.36 Å². The van der Waals surface area contributed by atoms with E-state index in [0.29, 0.717) is 16.5 Å². The van der Waals surface area contributed by atoms with Crippen molar-refractivity contribution in [1.29, 1.82) is 0 Å². The fraction of sp³-hybridized carbons (Fsp3) is 0.148. The van der Waals surface area contributed by atoms with Gasteiger partial charge in [0.05, 0.1) is 22.8 Å². The zero-order chi connectivity index (χ0) is 27.9. The Labute approximate surface area is 241 Å². The lowest BCUT2D eigenvalue weighted by Gasteiger charge is -2.26. The van der Waals surface area contributed by atoms with Crippen LogP contribution in [0.5, 0.6) is 0 Å². The average Bonchev–Trinajstić information content (AvgIpc) is 3.48. The summed E-state index contributed by atoms with van der Waals surface area (Å²) in [5.74, 6) is -0.318. The third-order valence-electron chi connectivity index (χ3n) is 5.81. The van der Waals surface area contributed by atoms with Crippen LogP contribution < -0.4 is 14.9 Å². The Kier molecular flexibility index (Phi) is 7.57. The maximum Gasteiger partial charge on any atom is 0.434 e. The number of nitrogens with zero attached hydrogens (tertiary/aromatic N) is 2. The molecular formula is C27H17ClF3IN2O4S. The van der Waals surface area contributed by atoms with Crippen LogP contribution in [0.3, 0.4) is 0 Å². The van der Waals surface area contributed by atoms with Crippen LogP contribution in [0.15, 0.2) is 86.1 Å². The van der Waals surface area contributed by atoms with E-state index in [1.165, 1.54) is 37.3 Å². The Hall–Kier alpha value is -3.16. The highest BCUT2D eigenvalue weighted by atomic mass is 127. The highest BCUT2D eigenvalue weighted by molar-refractivity contribution is 14.1. The lowest BCUT2D eigenvalue weighted by atomic mass is 9.95. The molecule has 0 bridgehead atoms. The second-order valence-electron chi connectivity index (χ2n) is 8.32. The first-order valence-electron chi connectivity index (χ1n) is 11.5. The zero-order valence-electron chi connectivity index (χ0n) is 20.0. The third kappa shape index (κ3) is 5.48. The molecule has 0 unspecified atom stereocenters. The minimum atomic E-state index is -4.98. The summed E-state index contributed by atoms with van der Waals surface area (Å²) in [5.41, 5.74) is -1.75.